The molecule has 134 valence electrons. The Kier molecular flexibility index (Phi) is 7.00. The predicted octanol–water partition coefficient (Wildman–Crippen LogP) is 2.25. The first-order valence-electron chi connectivity index (χ1n) is 8.04. The van der Waals surface area contributed by atoms with Crippen LogP contribution < -0.4 is 5.32 Å². The van der Waals surface area contributed by atoms with Gasteiger partial charge >= 0.3 is 0 Å². The summed E-state index contributed by atoms with van der Waals surface area (Å²) >= 11 is 3.02. The molecule has 1 aliphatic rings. The molecular formula is C15H24N4O3S2. The third-order valence-corrected chi connectivity index (χ3v) is 6.17. The first-order chi connectivity index (χ1) is 11.4. The largest absolute Gasteiger partial charge is 0.383 e. The number of hydrogen-bond donors (Lipinski definition) is 1. The van der Waals surface area contributed by atoms with Gasteiger partial charge in [0.05, 0.1) is 18.6 Å². The zero-order chi connectivity index (χ0) is 17.7. The molecule has 0 bridgehead atoms. The van der Waals surface area contributed by atoms with Crippen molar-refractivity contribution in [1.82, 2.24) is 15.1 Å². The topological polar surface area (TPSA) is 84.4 Å². The number of thioether (sulfide) groups is 1. The summed E-state index contributed by atoms with van der Waals surface area (Å²) in [6.45, 7) is 7.05. The number of carbonyl (C=O) groups is 2. The van der Waals surface area contributed by atoms with Gasteiger partial charge < -0.3 is 15.0 Å². The number of likely N-dealkylation sites (tertiary alicyclic amines) is 1. The molecule has 2 rings (SSSR count). The van der Waals surface area contributed by atoms with Crippen LogP contribution in [0, 0.1) is 5.92 Å². The molecule has 2 amide bonds. The second-order valence-electron chi connectivity index (χ2n) is 5.95. The monoisotopic (exact) mass is 372 g/mol. The van der Waals surface area contributed by atoms with Crippen molar-refractivity contribution in [2.75, 3.05) is 25.6 Å². The Balaban J connectivity index is 1.90. The van der Waals surface area contributed by atoms with E-state index in [2.05, 4.69) is 29.4 Å². The molecule has 1 saturated heterocycles. The van der Waals surface area contributed by atoms with E-state index in [1.807, 2.05) is 6.92 Å². The maximum atomic E-state index is 12.4. The first kappa shape index (κ1) is 19.1. The lowest BCUT2D eigenvalue weighted by molar-refractivity contribution is -0.130. The molecule has 0 unspecified atom stereocenters. The molecule has 0 spiro atoms. The molecule has 0 aliphatic carbocycles. The number of aromatic nitrogens is 2. The highest BCUT2D eigenvalue weighted by atomic mass is 32.2. The van der Waals surface area contributed by atoms with Crippen LogP contribution in [0.4, 0.5) is 5.13 Å². The molecule has 0 saturated carbocycles. The summed E-state index contributed by atoms with van der Waals surface area (Å²) in [6.07, 6.45) is 1.28. The lowest BCUT2D eigenvalue weighted by Gasteiger charge is -2.23. The summed E-state index contributed by atoms with van der Waals surface area (Å²) in [5, 5.41) is 11.8. The van der Waals surface area contributed by atoms with E-state index in [1.165, 1.54) is 11.3 Å². The van der Waals surface area contributed by atoms with Crippen molar-refractivity contribution in [3.8, 4) is 0 Å². The minimum Gasteiger partial charge on any atom is -0.383 e. The molecule has 1 aromatic heterocycles. The second-order valence-corrected chi connectivity index (χ2v) is 8.61. The quantitative estimate of drug-likeness (QED) is 0.556. The van der Waals surface area contributed by atoms with Crippen molar-refractivity contribution >= 4 is 40.0 Å². The molecule has 24 heavy (non-hydrogen) atoms. The van der Waals surface area contributed by atoms with Crippen LogP contribution in [0.3, 0.4) is 0 Å². The molecule has 3 atom stereocenters. The highest BCUT2D eigenvalue weighted by molar-refractivity contribution is 8.01. The van der Waals surface area contributed by atoms with Gasteiger partial charge in [0.25, 0.3) is 0 Å². The zero-order valence-corrected chi connectivity index (χ0v) is 16.1. The predicted molar refractivity (Wildman–Crippen MR) is 95.3 cm³/mol. The first-order valence-corrected chi connectivity index (χ1v) is 9.73. The van der Waals surface area contributed by atoms with Gasteiger partial charge in [0.15, 0.2) is 4.34 Å². The summed E-state index contributed by atoms with van der Waals surface area (Å²) in [4.78, 5) is 26.2. The third kappa shape index (κ3) is 4.90. The Morgan fingerprint density at radius 1 is 1.50 bits per heavy atom. The number of hydrogen-bond acceptors (Lipinski definition) is 7. The van der Waals surface area contributed by atoms with Crippen LogP contribution in [0.1, 0.15) is 33.6 Å². The fourth-order valence-electron chi connectivity index (χ4n) is 2.44. The van der Waals surface area contributed by atoms with E-state index < -0.39 is 0 Å². The Hall–Kier alpha value is -1.19. The normalized spacial score (nSPS) is 20.2. The summed E-state index contributed by atoms with van der Waals surface area (Å²) < 4.78 is 5.93. The molecule has 7 nitrogen and oxygen atoms in total. The van der Waals surface area contributed by atoms with Crippen LogP contribution in [0.15, 0.2) is 4.34 Å². The van der Waals surface area contributed by atoms with Crippen LogP contribution in [-0.2, 0) is 14.3 Å². The molecule has 1 aromatic rings. The number of anilines is 1. The summed E-state index contributed by atoms with van der Waals surface area (Å²) in [5.74, 6) is -0.539. The van der Waals surface area contributed by atoms with Gasteiger partial charge in [-0.05, 0) is 13.3 Å². The number of rotatable bonds is 8. The Labute approximate surface area is 150 Å². The van der Waals surface area contributed by atoms with Gasteiger partial charge in [-0.2, -0.15) is 0 Å². The summed E-state index contributed by atoms with van der Waals surface area (Å²) in [5.41, 5.74) is 0. The highest BCUT2D eigenvalue weighted by Crippen LogP contribution is 2.30. The van der Waals surface area contributed by atoms with Crippen molar-refractivity contribution in [2.45, 2.75) is 49.2 Å². The van der Waals surface area contributed by atoms with E-state index in [1.54, 1.807) is 23.8 Å². The minimum absolute atomic E-state index is 0.00928. The third-order valence-electron chi connectivity index (χ3n) is 3.98. The van der Waals surface area contributed by atoms with Gasteiger partial charge in [-0.25, -0.2) is 0 Å². The fourth-order valence-corrected chi connectivity index (χ4v) is 4.44. The van der Waals surface area contributed by atoms with Gasteiger partial charge in [0, 0.05) is 25.3 Å². The zero-order valence-electron chi connectivity index (χ0n) is 14.4. The van der Waals surface area contributed by atoms with E-state index in [-0.39, 0.29) is 30.2 Å². The molecule has 1 N–H and O–H groups in total. The van der Waals surface area contributed by atoms with Gasteiger partial charge in [-0.1, -0.05) is 36.9 Å². The van der Waals surface area contributed by atoms with Crippen LogP contribution in [0.25, 0.3) is 0 Å². The molecule has 2 heterocycles. The van der Waals surface area contributed by atoms with E-state index in [4.69, 9.17) is 4.74 Å². The summed E-state index contributed by atoms with van der Waals surface area (Å²) in [7, 11) is 1.60. The smallest absolute Gasteiger partial charge is 0.231 e. The van der Waals surface area contributed by atoms with E-state index in [0.717, 1.165) is 10.8 Å². The molecule has 1 fully saturated rings. The standard InChI is InChI=1S/C15H24N4O3S2/c1-5-10(3)23-15-18-17-14(24-15)16-13(21)11-6-12(20)19(7-11)9(2)8-22-4/h9-11H,5-8H2,1-4H3,(H,16,17,21)/t9-,10+,11-/m1/s1. The average Bonchev–Trinajstić information content (AvgIpc) is 3.14. The number of methoxy groups -OCH3 is 1. The lowest BCUT2D eigenvalue weighted by atomic mass is 10.1. The Bertz CT molecular complexity index is 581. The SMILES string of the molecule is CC[C@H](C)Sc1nnc(NC(=O)[C@@H]2CC(=O)N([C@H](C)COC)C2)s1. The number of nitrogens with one attached hydrogen (secondary N) is 1. The van der Waals surface area contributed by atoms with Crippen molar-refractivity contribution in [1.29, 1.82) is 0 Å². The molecule has 0 aromatic carbocycles. The van der Waals surface area contributed by atoms with Gasteiger partial charge in [-0.15, -0.1) is 10.2 Å². The van der Waals surface area contributed by atoms with Crippen molar-refractivity contribution < 1.29 is 14.3 Å². The van der Waals surface area contributed by atoms with Gasteiger partial charge in [0.2, 0.25) is 16.9 Å². The van der Waals surface area contributed by atoms with Crippen molar-refractivity contribution in [3.05, 3.63) is 0 Å². The van der Waals surface area contributed by atoms with E-state index in [0.29, 0.717) is 23.5 Å². The van der Waals surface area contributed by atoms with Crippen molar-refractivity contribution in [3.63, 3.8) is 0 Å². The fraction of sp³-hybridized carbons (Fsp3) is 0.733. The maximum Gasteiger partial charge on any atom is 0.231 e. The van der Waals surface area contributed by atoms with Crippen molar-refractivity contribution in [2.24, 2.45) is 5.92 Å². The van der Waals surface area contributed by atoms with Crippen LogP contribution in [0.2, 0.25) is 0 Å². The number of nitrogens with zero attached hydrogens (tertiary/aromatic N) is 3. The van der Waals surface area contributed by atoms with E-state index in [9.17, 15) is 9.59 Å². The molecule has 9 heteroatoms. The van der Waals surface area contributed by atoms with Crippen LogP contribution in [0.5, 0.6) is 0 Å². The van der Waals surface area contributed by atoms with E-state index >= 15 is 0 Å². The number of carbonyl (C=O) groups excluding carboxylic acids is 2. The number of ether oxygens (including phenoxy) is 1. The molecule has 1 aliphatic heterocycles. The van der Waals surface area contributed by atoms with Crippen LogP contribution in [-0.4, -0.2) is 58.5 Å². The Morgan fingerprint density at radius 3 is 2.92 bits per heavy atom. The van der Waals surface area contributed by atoms with Crippen LogP contribution >= 0.6 is 23.1 Å². The van der Waals surface area contributed by atoms with Gasteiger partial charge in [0.1, 0.15) is 0 Å². The highest BCUT2D eigenvalue weighted by Gasteiger charge is 2.36. The molecular weight excluding hydrogens is 348 g/mol. The lowest BCUT2D eigenvalue weighted by Crippen LogP contribution is -2.38. The maximum absolute atomic E-state index is 12.4. The second kappa shape index (κ2) is 8.77. The average molecular weight is 373 g/mol. The Morgan fingerprint density at radius 2 is 2.25 bits per heavy atom. The summed E-state index contributed by atoms with van der Waals surface area (Å²) in [6, 6.07) is -0.0274. The molecule has 0 radical (unpaired) electrons. The van der Waals surface area contributed by atoms with Gasteiger partial charge in [-0.3, -0.25) is 9.59 Å². The minimum atomic E-state index is -0.355. The number of amides is 2.